The molecule has 1 atom stereocenters. The molecule has 2 heterocycles. The van der Waals surface area contributed by atoms with E-state index in [1.165, 1.54) is 0 Å². The fourth-order valence-electron chi connectivity index (χ4n) is 5.29. The Hall–Kier alpha value is -1.83. The highest BCUT2D eigenvalue weighted by atomic mass is 35.5. The van der Waals surface area contributed by atoms with E-state index in [1.807, 2.05) is 37.8 Å². The van der Waals surface area contributed by atoms with Gasteiger partial charge >= 0.3 is 6.09 Å². The van der Waals surface area contributed by atoms with E-state index >= 15 is 0 Å². The van der Waals surface area contributed by atoms with Crippen molar-refractivity contribution in [2.24, 2.45) is 5.92 Å². The summed E-state index contributed by atoms with van der Waals surface area (Å²) in [6, 6.07) is 6.67. The first-order chi connectivity index (χ1) is 16.5. The van der Waals surface area contributed by atoms with Crippen LogP contribution in [-0.2, 0) is 20.7 Å². The van der Waals surface area contributed by atoms with Crippen LogP contribution in [0.3, 0.4) is 0 Å². The van der Waals surface area contributed by atoms with Crippen molar-refractivity contribution in [2.45, 2.75) is 77.5 Å². The van der Waals surface area contributed by atoms with Crippen LogP contribution in [0.5, 0.6) is 0 Å². The van der Waals surface area contributed by atoms with Gasteiger partial charge < -0.3 is 19.7 Å². The molecule has 3 rings (SSSR count). The first kappa shape index (κ1) is 27.8. The molecule has 0 radical (unpaired) electrons. The summed E-state index contributed by atoms with van der Waals surface area (Å²) in [6.07, 6.45) is 3.02. The van der Waals surface area contributed by atoms with Crippen molar-refractivity contribution in [1.82, 2.24) is 15.1 Å². The van der Waals surface area contributed by atoms with Crippen LogP contribution in [-0.4, -0.2) is 78.4 Å². The molecule has 2 amide bonds. The summed E-state index contributed by atoms with van der Waals surface area (Å²) in [5.41, 5.74) is 0.442. The fourth-order valence-corrected chi connectivity index (χ4v) is 5.41. The quantitative estimate of drug-likeness (QED) is 0.587. The van der Waals surface area contributed by atoms with E-state index in [-0.39, 0.29) is 11.4 Å². The number of halogens is 1. The monoisotopic (exact) mass is 507 g/mol. The third-order valence-electron chi connectivity index (χ3n) is 6.82. The van der Waals surface area contributed by atoms with Crippen molar-refractivity contribution < 1.29 is 19.1 Å². The summed E-state index contributed by atoms with van der Waals surface area (Å²) in [5.74, 6) is 0.532. The van der Waals surface area contributed by atoms with Crippen LogP contribution in [0.1, 0.15) is 59.4 Å². The fraction of sp³-hybridized carbons (Fsp3) is 0.704. The number of benzene rings is 1. The number of nitrogens with one attached hydrogen (secondary N) is 1. The molecule has 0 aliphatic carbocycles. The van der Waals surface area contributed by atoms with Crippen LogP contribution in [0.15, 0.2) is 24.3 Å². The minimum atomic E-state index is -0.703. The van der Waals surface area contributed by atoms with Crippen molar-refractivity contribution in [3.63, 3.8) is 0 Å². The molecule has 8 heteroatoms. The van der Waals surface area contributed by atoms with Gasteiger partial charge in [0, 0.05) is 56.4 Å². The average Bonchev–Trinajstić information content (AvgIpc) is 2.78. The summed E-state index contributed by atoms with van der Waals surface area (Å²) in [5, 5.41) is 3.46. The van der Waals surface area contributed by atoms with E-state index in [2.05, 4.69) is 24.1 Å². The predicted molar refractivity (Wildman–Crippen MR) is 139 cm³/mol. The molecular weight excluding hydrogens is 466 g/mol. The number of carbonyl (C=O) groups is 2. The third kappa shape index (κ3) is 8.09. The van der Waals surface area contributed by atoms with E-state index in [0.29, 0.717) is 30.5 Å². The van der Waals surface area contributed by atoms with E-state index in [4.69, 9.17) is 21.1 Å². The Kier molecular flexibility index (Phi) is 9.47. The number of amides is 2. The van der Waals surface area contributed by atoms with Gasteiger partial charge in [-0.15, -0.1) is 0 Å². The number of hydrogen-bond donors (Lipinski definition) is 1. The van der Waals surface area contributed by atoms with Crippen LogP contribution >= 0.6 is 11.6 Å². The average molecular weight is 508 g/mol. The minimum Gasteiger partial charge on any atom is -0.444 e. The van der Waals surface area contributed by atoms with Gasteiger partial charge in [-0.25, -0.2) is 4.79 Å². The van der Waals surface area contributed by atoms with Crippen molar-refractivity contribution in [1.29, 1.82) is 0 Å². The highest BCUT2D eigenvalue weighted by Crippen LogP contribution is 2.35. The second kappa shape index (κ2) is 11.9. The number of alkyl carbamates (subject to hydrolysis) is 1. The summed E-state index contributed by atoms with van der Waals surface area (Å²) >= 11 is 6.03. The second-order valence-corrected chi connectivity index (χ2v) is 11.7. The molecule has 0 aromatic heterocycles. The van der Waals surface area contributed by atoms with Gasteiger partial charge in [-0.1, -0.05) is 37.6 Å². The molecule has 0 unspecified atom stereocenters. The molecule has 2 saturated heterocycles. The standard InChI is InChI=1S/C27H42ClN3O4/c1-20(2)19-27(10-16-34-17-11-27)31-14-12-30(13-15-31)24(32)23(29-25(33)35-26(3,4)5)18-21-6-8-22(28)9-7-21/h6-9,20,23H,10-19H2,1-5H3,(H,29,33)/t23-/m1/s1. The Morgan fingerprint density at radius 1 is 1.09 bits per heavy atom. The van der Waals surface area contributed by atoms with Crippen LogP contribution < -0.4 is 5.32 Å². The lowest BCUT2D eigenvalue weighted by Crippen LogP contribution is -2.62. The zero-order valence-electron chi connectivity index (χ0n) is 21.9. The van der Waals surface area contributed by atoms with Crippen molar-refractivity contribution in [3.8, 4) is 0 Å². The zero-order valence-corrected chi connectivity index (χ0v) is 22.7. The van der Waals surface area contributed by atoms with Crippen LogP contribution in [0, 0.1) is 5.92 Å². The highest BCUT2D eigenvalue weighted by Gasteiger charge is 2.41. The maximum absolute atomic E-state index is 13.6. The zero-order chi connectivity index (χ0) is 25.6. The van der Waals surface area contributed by atoms with E-state index in [1.54, 1.807) is 12.1 Å². The molecule has 7 nitrogen and oxygen atoms in total. The molecule has 196 valence electrons. The minimum absolute atomic E-state index is 0.0738. The predicted octanol–water partition coefficient (Wildman–Crippen LogP) is 4.52. The first-order valence-corrected chi connectivity index (χ1v) is 13.2. The smallest absolute Gasteiger partial charge is 0.408 e. The Balaban J connectivity index is 1.68. The summed E-state index contributed by atoms with van der Waals surface area (Å²) in [6.45, 7) is 14.5. The number of rotatable bonds is 7. The molecule has 1 N–H and O–H groups in total. The molecule has 1 aromatic rings. The summed E-state index contributed by atoms with van der Waals surface area (Å²) in [7, 11) is 0. The molecule has 0 saturated carbocycles. The van der Waals surface area contributed by atoms with E-state index < -0.39 is 17.7 Å². The number of hydrogen-bond acceptors (Lipinski definition) is 5. The number of nitrogens with zero attached hydrogens (tertiary/aromatic N) is 2. The molecule has 2 fully saturated rings. The van der Waals surface area contributed by atoms with E-state index in [9.17, 15) is 9.59 Å². The Bertz CT molecular complexity index is 839. The van der Waals surface area contributed by atoms with Gasteiger partial charge in [-0.2, -0.15) is 0 Å². The third-order valence-corrected chi connectivity index (χ3v) is 7.07. The van der Waals surface area contributed by atoms with Crippen molar-refractivity contribution in [3.05, 3.63) is 34.9 Å². The van der Waals surface area contributed by atoms with Crippen LogP contribution in [0.25, 0.3) is 0 Å². The maximum atomic E-state index is 13.6. The molecule has 2 aliphatic rings. The highest BCUT2D eigenvalue weighted by molar-refractivity contribution is 6.30. The second-order valence-electron chi connectivity index (χ2n) is 11.3. The van der Waals surface area contributed by atoms with Gasteiger partial charge in [0.05, 0.1) is 0 Å². The molecule has 0 spiro atoms. The Labute approximate surface area is 215 Å². The SMILES string of the molecule is CC(C)CC1(N2CCN(C(=O)[C@@H](Cc3ccc(Cl)cc3)NC(=O)OC(C)(C)C)CC2)CCOCC1. The van der Waals surface area contributed by atoms with E-state index in [0.717, 1.165) is 51.1 Å². The lowest BCUT2D eigenvalue weighted by molar-refractivity contribution is -0.137. The molecule has 0 bridgehead atoms. The van der Waals surface area contributed by atoms with Gasteiger partial charge in [0.15, 0.2) is 0 Å². The number of piperazine rings is 1. The van der Waals surface area contributed by atoms with Crippen LogP contribution in [0.2, 0.25) is 5.02 Å². The first-order valence-electron chi connectivity index (χ1n) is 12.8. The molecule has 35 heavy (non-hydrogen) atoms. The normalized spacial score (nSPS) is 19.9. The van der Waals surface area contributed by atoms with Gasteiger partial charge in [0.1, 0.15) is 11.6 Å². The number of ether oxygens (including phenoxy) is 2. The van der Waals surface area contributed by atoms with Gasteiger partial charge in [0.2, 0.25) is 5.91 Å². The maximum Gasteiger partial charge on any atom is 0.408 e. The van der Waals surface area contributed by atoms with Gasteiger partial charge in [-0.05, 0) is 63.6 Å². The van der Waals surface area contributed by atoms with Crippen LogP contribution in [0.4, 0.5) is 4.79 Å². The Morgan fingerprint density at radius 3 is 2.23 bits per heavy atom. The molecule has 1 aromatic carbocycles. The summed E-state index contributed by atoms with van der Waals surface area (Å²) < 4.78 is 11.1. The summed E-state index contributed by atoms with van der Waals surface area (Å²) in [4.78, 5) is 30.6. The van der Waals surface area contributed by atoms with Gasteiger partial charge in [-0.3, -0.25) is 9.69 Å². The molecular formula is C27H42ClN3O4. The van der Waals surface area contributed by atoms with Crippen molar-refractivity contribution in [2.75, 3.05) is 39.4 Å². The van der Waals surface area contributed by atoms with Gasteiger partial charge in [0.25, 0.3) is 0 Å². The lowest BCUT2D eigenvalue weighted by Gasteiger charge is -2.50. The molecule has 2 aliphatic heterocycles. The number of carbonyl (C=O) groups excluding carboxylic acids is 2. The Morgan fingerprint density at radius 2 is 1.69 bits per heavy atom. The topological polar surface area (TPSA) is 71.1 Å². The largest absolute Gasteiger partial charge is 0.444 e. The lowest BCUT2D eigenvalue weighted by atomic mass is 9.80. The van der Waals surface area contributed by atoms with Crippen molar-refractivity contribution >= 4 is 23.6 Å².